The number of carbonyl (C=O) groups excluding carboxylic acids is 1. The van der Waals surface area contributed by atoms with E-state index in [2.05, 4.69) is 4.98 Å². The lowest BCUT2D eigenvalue weighted by Gasteiger charge is -2.14. The number of para-hydroxylation sites is 1. The number of nitro groups is 1. The molecule has 0 unspecified atom stereocenters. The minimum Gasteiger partial charge on any atom is -0.486 e. The van der Waals surface area contributed by atoms with Gasteiger partial charge in [0, 0.05) is 18.0 Å². The summed E-state index contributed by atoms with van der Waals surface area (Å²) in [6.45, 7) is 4.02. The predicted octanol–water partition coefficient (Wildman–Crippen LogP) is 2.42. The van der Waals surface area contributed by atoms with Crippen LogP contribution >= 0.6 is 0 Å². The van der Waals surface area contributed by atoms with Crippen LogP contribution in [0.25, 0.3) is 0 Å². The first-order valence-electron chi connectivity index (χ1n) is 7.27. The van der Waals surface area contributed by atoms with Crippen molar-refractivity contribution in [1.82, 2.24) is 4.98 Å². The molecule has 4 N–H and O–H groups in total. The highest BCUT2D eigenvalue weighted by Gasteiger charge is 2.26. The number of benzene rings is 1. The zero-order valence-corrected chi connectivity index (χ0v) is 13.4. The maximum Gasteiger partial charge on any atom is 0.311 e. The minimum absolute atomic E-state index is 0.00685. The zero-order valence-electron chi connectivity index (χ0n) is 13.4. The first-order chi connectivity index (χ1) is 11.3. The number of aromatic nitrogens is 1. The van der Waals surface area contributed by atoms with Crippen molar-refractivity contribution < 1.29 is 14.5 Å². The third-order valence-electron chi connectivity index (χ3n) is 3.24. The third-order valence-corrected chi connectivity index (χ3v) is 3.24. The van der Waals surface area contributed by atoms with Gasteiger partial charge in [-0.05, 0) is 18.1 Å². The molecule has 0 fully saturated rings. The molecule has 0 amide bonds. The number of nitrogens with zero attached hydrogens (tertiary/aromatic N) is 2. The van der Waals surface area contributed by atoms with Gasteiger partial charge in [0.05, 0.1) is 22.7 Å². The van der Waals surface area contributed by atoms with Gasteiger partial charge in [0.15, 0.2) is 0 Å². The van der Waals surface area contributed by atoms with Gasteiger partial charge in [-0.3, -0.25) is 14.9 Å². The molecule has 0 radical (unpaired) electrons. The van der Waals surface area contributed by atoms with Crippen molar-refractivity contribution in [3.8, 4) is 5.75 Å². The Morgan fingerprint density at radius 2 is 2.04 bits per heavy atom. The second kappa shape index (κ2) is 6.95. The van der Waals surface area contributed by atoms with Crippen molar-refractivity contribution >= 4 is 23.0 Å². The number of hydrogen-bond acceptors (Lipinski definition) is 7. The number of nitrogen functional groups attached to an aromatic ring is 2. The SMILES string of the molecule is CC(C)COc1c(C(=O)c2c(N)ccnc2N)cccc1[N+](=O)[O-]. The summed E-state index contributed by atoms with van der Waals surface area (Å²) < 4.78 is 5.55. The maximum atomic E-state index is 12.8. The second-order valence-corrected chi connectivity index (χ2v) is 5.61. The lowest BCUT2D eigenvalue weighted by molar-refractivity contribution is -0.385. The molecule has 0 saturated heterocycles. The topological polar surface area (TPSA) is 134 Å². The summed E-state index contributed by atoms with van der Waals surface area (Å²) in [6.07, 6.45) is 1.38. The Balaban J connectivity index is 2.58. The summed E-state index contributed by atoms with van der Waals surface area (Å²) in [4.78, 5) is 27.3. The van der Waals surface area contributed by atoms with E-state index in [4.69, 9.17) is 16.2 Å². The van der Waals surface area contributed by atoms with Crippen molar-refractivity contribution in [2.75, 3.05) is 18.1 Å². The molecular formula is C16H18N4O4. The normalized spacial score (nSPS) is 10.6. The van der Waals surface area contributed by atoms with Gasteiger partial charge in [-0.25, -0.2) is 4.98 Å². The van der Waals surface area contributed by atoms with E-state index in [0.717, 1.165) is 0 Å². The summed E-state index contributed by atoms with van der Waals surface area (Å²) in [7, 11) is 0. The molecule has 1 heterocycles. The number of rotatable bonds is 6. The van der Waals surface area contributed by atoms with Gasteiger partial charge in [-0.15, -0.1) is 0 Å². The van der Waals surface area contributed by atoms with E-state index in [9.17, 15) is 14.9 Å². The fourth-order valence-corrected chi connectivity index (χ4v) is 2.12. The Bertz CT molecular complexity index is 769. The average Bonchev–Trinajstić information content (AvgIpc) is 2.52. The fraction of sp³-hybridized carbons (Fsp3) is 0.250. The number of carbonyl (C=O) groups is 1. The standard InChI is InChI=1S/C16H18N4O4/c1-9(2)8-24-15-10(4-3-5-12(15)20(22)23)14(21)13-11(17)6-7-19-16(13)18/h3-7,9H,8H2,1-2H3,(H4,17,18,19). The lowest BCUT2D eigenvalue weighted by atomic mass is 10.0. The summed E-state index contributed by atoms with van der Waals surface area (Å²) >= 11 is 0. The monoisotopic (exact) mass is 330 g/mol. The zero-order chi connectivity index (χ0) is 17.9. The summed E-state index contributed by atoms with van der Waals surface area (Å²) in [5.74, 6) is -0.577. The van der Waals surface area contributed by atoms with Crippen molar-refractivity contribution in [2.45, 2.75) is 13.8 Å². The van der Waals surface area contributed by atoms with Gasteiger partial charge in [0.25, 0.3) is 0 Å². The Morgan fingerprint density at radius 3 is 2.62 bits per heavy atom. The van der Waals surface area contributed by atoms with Crippen molar-refractivity contribution in [3.63, 3.8) is 0 Å². The van der Waals surface area contributed by atoms with E-state index in [-0.39, 0.29) is 46.6 Å². The molecule has 8 nitrogen and oxygen atoms in total. The molecule has 24 heavy (non-hydrogen) atoms. The predicted molar refractivity (Wildman–Crippen MR) is 89.9 cm³/mol. The molecule has 2 aromatic rings. The van der Waals surface area contributed by atoms with E-state index in [1.54, 1.807) is 0 Å². The summed E-state index contributed by atoms with van der Waals surface area (Å²) in [5.41, 5.74) is 11.4. The van der Waals surface area contributed by atoms with Crippen LogP contribution in [0.3, 0.4) is 0 Å². The van der Waals surface area contributed by atoms with Gasteiger partial charge in [0.2, 0.25) is 11.5 Å². The van der Waals surface area contributed by atoms with E-state index >= 15 is 0 Å². The van der Waals surface area contributed by atoms with E-state index < -0.39 is 10.7 Å². The summed E-state index contributed by atoms with van der Waals surface area (Å²) in [5, 5.41) is 11.3. The van der Waals surface area contributed by atoms with Crippen molar-refractivity contribution in [1.29, 1.82) is 0 Å². The molecule has 1 aromatic heterocycles. The quantitative estimate of drug-likeness (QED) is 0.471. The molecule has 1 aromatic carbocycles. The van der Waals surface area contributed by atoms with Crippen LogP contribution in [-0.2, 0) is 0 Å². The third kappa shape index (κ3) is 3.43. The highest BCUT2D eigenvalue weighted by molar-refractivity contribution is 6.16. The molecule has 0 aliphatic heterocycles. The molecule has 0 saturated carbocycles. The van der Waals surface area contributed by atoms with Gasteiger partial charge in [-0.1, -0.05) is 19.9 Å². The van der Waals surface area contributed by atoms with Crippen molar-refractivity contribution in [3.05, 3.63) is 51.7 Å². The molecule has 0 aliphatic rings. The van der Waals surface area contributed by atoms with Gasteiger partial charge in [0.1, 0.15) is 5.82 Å². The number of ketones is 1. The number of pyridine rings is 1. The van der Waals surface area contributed by atoms with Crippen LogP contribution in [0.2, 0.25) is 0 Å². The second-order valence-electron chi connectivity index (χ2n) is 5.61. The lowest BCUT2D eigenvalue weighted by Crippen LogP contribution is -2.14. The Morgan fingerprint density at radius 1 is 1.33 bits per heavy atom. The van der Waals surface area contributed by atoms with Crippen LogP contribution in [0.4, 0.5) is 17.2 Å². The van der Waals surface area contributed by atoms with E-state index in [1.165, 1.54) is 30.5 Å². The van der Waals surface area contributed by atoms with Crippen molar-refractivity contribution in [2.24, 2.45) is 5.92 Å². The van der Waals surface area contributed by atoms with Crippen LogP contribution in [-0.4, -0.2) is 22.3 Å². The molecule has 0 atom stereocenters. The molecule has 0 spiro atoms. The average molecular weight is 330 g/mol. The molecule has 2 rings (SSSR count). The maximum absolute atomic E-state index is 12.8. The molecule has 8 heteroatoms. The van der Waals surface area contributed by atoms with Gasteiger partial charge in [-0.2, -0.15) is 0 Å². The van der Waals surface area contributed by atoms with Crippen LogP contribution < -0.4 is 16.2 Å². The van der Waals surface area contributed by atoms with Crippen LogP contribution in [0.1, 0.15) is 29.8 Å². The van der Waals surface area contributed by atoms with Crippen LogP contribution in [0.15, 0.2) is 30.5 Å². The van der Waals surface area contributed by atoms with Crippen LogP contribution in [0, 0.1) is 16.0 Å². The Kier molecular flexibility index (Phi) is 4.98. The first-order valence-corrected chi connectivity index (χ1v) is 7.27. The van der Waals surface area contributed by atoms with Gasteiger partial charge >= 0.3 is 5.69 Å². The van der Waals surface area contributed by atoms with Gasteiger partial charge < -0.3 is 16.2 Å². The molecular weight excluding hydrogens is 312 g/mol. The highest BCUT2D eigenvalue weighted by atomic mass is 16.6. The minimum atomic E-state index is -0.595. The van der Waals surface area contributed by atoms with E-state index in [1.807, 2.05) is 13.8 Å². The number of nitro benzene ring substituents is 1. The van der Waals surface area contributed by atoms with Crippen LogP contribution in [0.5, 0.6) is 5.75 Å². The fourth-order valence-electron chi connectivity index (χ4n) is 2.12. The number of ether oxygens (including phenoxy) is 1. The first kappa shape index (κ1) is 17.2. The smallest absolute Gasteiger partial charge is 0.311 e. The number of nitrogens with two attached hydrogens (primary N) is 2. The van der Waals surface area contributed by atoms with E-state index in [0.29, 0.717) is 0 Å². The highest BCUT2D eigenvalue weighted by Crippen LogP contribution is 2.34. The molecule has 126 valence electrons. The summed E-state index contributed by atoms with van der Waals surface area (Å²) in [6, 6.07) is 5.57. The molecule has 0 bridgehead atoms. The Hall–Kier alpha value is -3.16. The number of hydrogen-bond donors (Lipinski definition) is 2. The largest absolute Gasteiger partial charge is 0.486 e. The Labute approximate surface area is 138 Å². The molecule has 0 aliphatic carbocycles. The number of anilines is 2.